The molecule has 0 saturated heterocycles. The van der Waals surface area contributed by atoms with Gasteiger partial charge >= 0.3 is 6.18 Å². The van der Waals surface area contributed by atoms with Gasteiger partial charge in [0.15, 0.2) is 0 Å². The van der Waals surface area contributed by atoms with Gasteiger partial charge in [0.2, 0.25) is 0 Å². The van der Waals surface area contributed by atoms with Gasteiger partial charge in [0.25, 0.3) is 0 Å². The van der Waals surface area contributed by atoms with Crippen molar-refractivity contribution < 1.29 is 17.9 Å². The van der Waals surface area contributed by atoms with E-state index < -0.39 is 12.8 Å². The second-order valence-corrected chi connectivity index (χ2v) is 5.47. The molecule has 118 valence electrons. The lowest BCUT2D eigenvalue weighted by Gasteiger charge is -2.22. The number of nitrogen functional groups attached to an aromatic ring is 1. The van der Waals surface area contributed by atoms with Crippen LogP contribution >= 0.6 is 0 Å². The second kappa shape index (κ2) is 7.13. The molecule has 0 radical (unpaired) electrons. The molecule has 0 heterocycles. The van der Waals surface area contributed by atoms with E-state index in [2.05, 4.69) is 9.64 Å². The van der Waals surface area contributed by atoms with Gasteiger partial charge < -0.3 is 10.5 Å². The molecular formula is C15H21F3N2O. The highest BCUT2D eigenvalue weighted by Gasteiger charge is 2.29. The van der Waals surface area contributed by atoms with E-state index in [1.807, 2.05) is 24.3 Å². The molecule has 2 N–H and O–H groups in total. The Balaban J connectivity index is 1.73. The van der Waals surface area contributed by atoms with E-state index in [0.717, 1.165) is 37.2 Å². The molecule has 1 aromatic rings. The van der Waals surface area contributed by atoms with Crippen LogP contribution in [0.1, 0.15) is 24.8 Å². The van der Waals surface area contributed by atoms with E-state index in [1.54, 1.807) is 0 Å². The fraction of sp³-hybridized carbons (Fsp3) is 0.600. The second-order valence-electron chi connectivity index (χ2n) is 5.47. The van der Waals surface area contributed by atoms with Gasteiger partial charge in [-0.15, -0.1) is 0 Å². The van der Waals surface area contributed by atoms with E-state index in [-0.39, 0.29) is 6.61 Å². The summed E-state index contributed by atoms with van der Waals surface area (Å²) >= 11 is 0. The summed E-state index contributed by atoms with van der Waals surface area (Å²) in [7, 11) is 0. The summed E-state index contributed by atoms with van der Waals surface area (Å²) in [5, 5.41) is 0. The molecule has 0 spiro atoms. The smallest absolute Gasteiger partial charge is 0.399 e. The largest absolute Gasteiger partial charge is 0.411 e. The van der Waals surface area contributed by atoms with Crippen molar-refractivity contribution in [2.24, 2.45) is 0 Å². The fourth-order valence-corrected chi connectivity index (χ4v) is 2.31. The average Bonchev–Trinajstić information content (AvgIpc) is 3.20. The van der Waals surface area contributed by atoms with Gasteiger partial charge in [-0.3, -0.25) is 4.90 Å². The van der Waals surface area contributed by atoms with Crippen molar-refractivity contribution in [3.8, 4) is 0 Å². The third kappa shape index (κ3) is 6.35. The first-order valence-corrected chi connectivity index (χ1v) is 7.17. The van der Waals surface area contributed by atoms with Crippen LogP contribution in [0.3, 0.4) is 0 Å². The molecule has 1 aromatic carbocycles. The summed E-state index contributed by atoms with van der Waals surface area (Å²) in [4.78, 5) is 2.30. The van der Waals surface area contributed by atoms with Gasteiger partial charge in [-0.25, -0.2) is 0 Å². The predicted octanol–water partition coefficient (Wildman–Crippen LogP) is 3.20. The van der Waals surface area contributed by atoms with Crippen molar-refractivity contribution in [2.45, 2.75) is 38.0 Å². The zero-order chi connectivity index (χ0) is 15.3. The third-order valence-corrected chi connectivity index (χ3v) is 3.40. The van der Waals surface area contributed by atoms with Gasteiger partial charge in [-0.2, -0.15) is 13.2 Å². The van der Waals surface area contributed by atoms with Gasteiger partial charge in [0.05, 0.1) is 0 Å². The third-order valence-electron chi connectivity index (χ3n) is 3.40. The Hall–Kier alpha value is -1.27. The number of ether oxygens (including phenoxy) is 1. The summed E-state index contributed by atoms with van der Waals surface area (Å²) in [6, 6.07) is 8.27. The van der Waals surface area contributed by atoms with Gasteiger partial charge in [0.1, 0.15) is 6.61 Å². The highest BCUT2D eigenvalue weighted by molar-refractivity contribution is 5.40. The minimum atomic E-state index is -4.24. The molecule has 2 rings (SSSR count). The molecule has 0 amide bonds. The quantitative estimate of drug-likeness (QED) is 0.592. The Bertz CT molecular complexity index is 447. The lowest BCUT2D eigenvalue weighted by molar-refractivity contribution is -0.174. The summed E-state index contributed by atoms with van der Waals surface area (Å²) in [6.07, 6.45) is -1.32. The Labute approximate surface area is 122 Å². The zero-order valence-electron chi connectivity index (χ0n) is 11.9. The molecule has 0 bridgehead atoms. The SMILES string of the molecule is Nc1cccc(CN(CCCOCC(F)(F)F)C2CC2)c1. The predicted molar refractivity (Wildman–Crippen MR) is 75.8 cm³/mol. The van der Waals surface area contributed by atoms with Gasteiger partial charge in [-0.05, 0) is 37.0 Å². The van der Waals surface area contributed by atoms with Crippen LogP contribution < -0.4 is 5.73 Å². The van der Waals surface area contributed by atoms with Crippen molar-refractivity contribution in [1.29, 1.82) is 0 Å². The number of alkyl halides is 3. The van der Waals surface area contributed by atoms with Crippen molar-refractivity contribution in [3.05, 3.63) is 29.8 Å². The molecule has 21 heavy (non-hydrogen) atoms. The summed E-state index contributed by atoms with van der Waals surface area (Å²) < 4.78 is 40.5. The van der Waals surface area contributed by atoms with Crippen molar-refractivity contribution in [2.75, 3.05) is 25.5 Å². The number of benzene rings is 1. The molecule has 1 aliphatic rings. The fourth-order valence-electron chi connectivity index (χ4n) is 2.31. The topological polar surface area (TPSA) is 38.5 Å². The van der Waals surface area contributed by atoms with Crippen LogP contribution in [0.2, 0.25) is 0 Å². The number of rotatable bonds is 8. The Morgan fingerprint density at radius 2 is 2.05 bits per heavy atom. The highest BCUT2D eigenvalue weighted by Crippen LogP contribution is 2.28. The van der Waals surface area contributed by atoms with E-state index in [0.29, 0.717) is 12.5 Å². The maximum Gasteiger partial charge on any atom is 0.411 e. The highest BCUT2D eigenvalue weighted by atomic mass is 19.4. The Morgan fingerprint density at radius 1 is 1.29 bits per heavy atom. The minimum absolute atomic E-state index is 0.139. The molecule has 1 saturated carbocycles. The molecule has 6 heteroatoms. The first-order valence-electron chi connectivity index (χ1n) is 7.17. The van der Waals surface area contributed by atoms with Crippen LogP contribution in [-0.2, 0) is 11.3 Å². The van der Waals surface area contributed by atoms with Crippen LogP contribution in [0.25, 0.3) is 0 Å². The summed E-state index contributed by atoms with van der Waals surface area (Å²) in [5.41, 5.74) is 7.63. The number of hydrogen-bond acceptors (Lipinski definition) is 3. The monoisotopic (exact) mass is 302 g/mol. The molecule has 0 aromatic heterocycles. The maximum atomic E-state index is 12.0. The first-order chi connectivity index (χ1) is 9.94. The van der Waals surface area contributed by atoms with Crippen LogP contribution in [0.15, 0.2) is 24.3 Å². The lowest BCUT2D eigenvalue weighted by atomic mass is 10.2. The average molecular weight is 302 g/mol. The summed E-state index contributed by atoms with van der Waals surface area (Å²) in [6.45, 7) is 0.512. The molecule has 1 aliphatic carbocycles. The van der Waals surface area contributed by atoms with E-state index in [4.69, 9.17) is 5.73 Å². The number of nitrogens with zero attached hydrogens (tertiary/aromatic N) is 1. The van der Waals surface area contributed by atoms with Crippen LogP contribution in [-0.4, -0.2) is 36.9 Å². The molecule has 1 fully saturated rings. The van der Waals surface area contributed by atoms with E-state index in [9.17, 15) is 13.2 Å². The minimum Gasteiger partial charge on any atom is -0.399 e. The van der Waals surface area contributed by atoms with Crippen LogP contribution in [0.4, 0.5) is 18.9 Å². The summed E-state index contributed by atoms with van der Waals surface area (Å²) in [5.74, 6) is 0. The number of anilines is 1. The van der Waals surface area contributed by atoms with Crippen LogP contribution in [0.5, 0.6) is 0 Å². The number of halogens is 3. The Morgan fingerprint density at radius 3 is 2.67 bits per heavy atom. The van der Waals surface area contributed by atoms with Crippen molar-refractivity contribution in [3.63, 3.8) is 0 Å². The van der Waals surface area contributed by atoms with Crippen molar-refractivity contribution >= 4 is 5.69 Å². The first kappa shape index (κ1) is 16.1. The standard InChI is InChI=1S/C15H21F3N2O/c16-15(17,18)11-21-8-2-7-20(14-5-6-14)10-12-3-1-4-13(19)9-12/h1,3-4,9,14H,2,5-8,10-11,19H2. The van der Waals surface area contributed by atoms with E-state index >= 15 is 0 Å². The lowest BCUT2D eigenvalue weighted by Crippen LogP contribution is -2.28. The Kier molecular flexibility index (Phi) is 5.47. The molecule has 3 nitrogen and oxygen atoms in total. The van der Waals surface area contributed by atoms with Gasteiger partial charge in [0, 0.05) is 31.4 Å². The van der Waals surface area contributed by atoms with Gasteiger partial charge in [-0.1, -0.05) is 12.1 Å². The van der Waals surface area contributed by atoms with E-state index in [1.165, 1.54) is 0 Å². The maximum absolute atomic E-state index is 12.0. The molecule has 0 aliphatic heterocycles. The zero-order valence-corrected chi connectivity index (χ0v) is 11.9. The molecule has 0 unspecified atom stereocenters. The number of hydrogen-bond donors (Lipinski definition) is 1. The normalized spacial score (nSPS) is 15.6. The molecule has 0 atom stereocenters. The van der Waals surface area contributed by atoms with Crippen LogP contribution in [0, 0.1) is 0 Å². The number of nitrogens with two attached hydrogens (primary N) is 1. The molecular weight excluding hydrogens is 281 g/mol. The van der Waals surface area contributed by atoms with Crippen molar-refractivity contribution in [1.82, 2.24) is 4.90 Å².